The number of carbonyl (C=O) groups is 1. The number of hydrogen-bond donors (Lipinski definition) is 3. The maximum absolute atomic E-state index is 11.6. The first-order chi connectivity index (χ1) is 17.6. The molecule has 3 aromatic rings. The summed E-state index contributed by atoms with van der Waals surface area (Å²) in [5.41, 5.74) is 4.29. The van der Waals surface area contributed by atoms with E-state index in [4.69, 9.17) is 4.74 Å². The number of carboxylic acids is 1. The number of carboxylic acid groups (broad SMARTS) is 1. The van der Waals surface area contributed by atoms with Gasteiger partial charge in [0.15, 0.2) is 0 Å². The number of thioether (sulfide) groups is 1. The number of methoxy groups -OCH3 is 1. The SMILES string of the molecule is COc1ccc2nccc([C@H](CC[C@@H]3CCN(CCSc4ccccn4)C[C@@H]3CC(=O)O)NO)c2c1. The van der Waals surface area contributed by atoms with E-state index >= 15 is 0 Å². The fraction of sp³-hybridized carbons (Fsp3) is 0.444. The van der Waals surface area contributed by atoms with Gasteiger partial charge in [-0.3, -0.25) is 9.78 Å². The highest BCUT2D eigenvalue weighted by Gasteiger charge is 2.31. The summed E-state index contributed by atoms with van der Waals surface area (Å²) in [6.07, 6.45) is 6.21. The lowest BCUT2D eigenvalue weighted by molar-refractivity contribution is -0.139. The molecule has 9 heteroatoms. The van der Waals surface area contributed by atoms with Crippen LogP contribution >= 0.6 is 11.8 Å². The van der Waals surface area contributed by atoms with Gasteiger partial charge < -0.3 is 20.0 Å². The van der Waals surface area contributed by atoms with Gasteiger partial charge in [0.25, 0.3) is 0 Å². The Labute approximate surface area is 216 Å². The second kappa shape index (κ2) is 13.0. The van der Waals surface area contributed by atoms with Crippen LogP contribution in [-0.4, -0.2) is 63.6 Å². The number of fused-ring (bicyclic) bond motifs is 1. The highest BCUT2D eigenvalue weighted by molar-refractivity contribution is 7.99. The predicted octanol–water partition coefficient (Wildman–Crippen LogP) is 4.64. The van der Waals surface area contributed by atoms with Crippen LogP contribution in [0.1, 0.15) is 37.3 Å². The number of hydrogen-bond acceptors (Lipinski definition) is 8. The minimum atomic E-state index is -0.751. The number of aliphatic carboxylic acids is 1. The molecule has 1 saturated heterocycles. The fourth-order valence-corrected chi connectivity index (χ4v) is 6.02. The molecule has 4 rings (SSSR count). The van der Waals surface area contributed by atoms with Crippen molar-refractivity contribution < 1.29 is 19.8 Å². The minimum absolute atomic E-state index is 0.0877. The molecule has 36 heavy (non-hydrogen) atoms. The van der Waals surface area contributed by atoms with Crippen molar-refractivity contribution in [2.75, 3.05) is 32.5 Å². The number of aromatic nitrogens is 2. The predicted molar refractivity (Wildman–Crippen MR) is 140 cm³/mol. The molecule has 1 aromatic carbocycles. The lowest BCUT2D eigenvalue weighted by Gasteiger charge is -2.38. The minimum Gasteiger partial charge on any atom is -0.497 e. The van der Waals surface area contributed by atoms with Crippen molar-refractivity contribution in [2.45, 2.75) is 36.8 Å². The molecule has 1 fully saturated rings. The molecule has 0 spiro atoms. The molecule has 3 N–H and O–H groups in total. The number of rotatable bonds is 12. The van der Waals surface area contributed by atoms with Crippen LogP contribution in [0, 0.1) is 11.8 Å². The van der Waals surface area contributed by atoms with Crippen molar-refractivity contribution in [1.29, 1.82) is 0 Å². The Kier molecular flexibility index (Phi) is 9.52. The summed E-state index contributed by atoms with van der Waals surface area (Å²) >= 11 is 1.73. The molecule has 1 aliphatic rings. The molecular weight excluding hydrogens is 476 g/mol. The number of hydroxylamine groups is 1. The van der Waals surface area contributed by atoms with Crippen LogP contribution in [0.25, 0.3) is 10.9 Å². The van der Waals surface area contributed by atoms with Gasteiger partial charge in [-0.1, -0.05) is 6.07 Å². The normalized spacial score (nSPS) is 19.3. The van der Waals surface area contributed by atoms with E-state index in [1.165, 1.54) is 0 Å². The van der Waals surface area contributed by atoms with E-state index in [0.29, 0.717) is 12.3 Å². The van der Waals surface area contributed by atoms with Gasteiger partial charge in [0, 0.05) is 43.0 Å². The smallest absolute Gasteiger partial charge is 0.303 e. The van der Waals surface area contributed by atoms with Crippen molar-refractivity contribution in [2.24, 2.45) is 11.8 Å². The molecule has 3 atom stereocenters. The van der Waals surface area contributed by atoms with E-state index in [2.05, 4.69) is 20.3 Å². The van der Waals surface area contributed by atoms with E-state index in [1.54, 1.807) is 31.3 Å². The van der Waals surface area contributed by atoms with Gasteiger partial charge in [-0.25, -0.2) is 4.98 Å². The Morgan fingerprint density at radius 1 is 1.22 bits per heavy atom. The van der Waals surface area contributed by atoms with E-state index in [9.17, 15) is 15.1 Å². The first kappa shape index (κ1) is 26.3. The van der Waals surface area contributed by atoms with Crippen molar-refractivity contribution in [3.63, 3.8) is 0 Å². The second-order valence-electron chi connectivity index (χ2n) is 9.27. The summed E-state index contributed by atoms with van der Waals surface area (Å²) < 4.78 is 5.38. The third-order valence-electron chi connectivity index (χ3n) is 7.05. The van der Waals surface area contributed by atoms with Gasteiger partial charge in [0.2, 0.25) is 0 Å². The van der Waals surface area contributed by atoms with Crippen LogP contribution < -0.4 is 10.2 Å². The van der Waals surface area contributed by atoms with Crippen molar-refractivity contribution in [3.8, 4) is 5.75 Å². The van der Waals surface area contributed by atoms with Gasteiger partial charge in [-0.05, 0) is 79.6 Å². The molecule has 0 aliphatic carbocycles. The molecule has 3 heterocycles. The average Bonchev–Trinajstić information content (AvgIpc) is 2.90. The lowest BCUT2D eigenvalue weighted by Crippen LogP contribution is -2.42. The second-order valence-corrected chi connectivity index (χ2v) is 10.4. The maximum atomic E-state index is 11.6. The van der Waals surface area contributed by atoms with Gasteiger partial charge in [0.05, 0.1) is 23.7 Å². The third kappa shape index (κ3) is 6.94. The average molecular weight is 511 g/mol. The van der Waals surface area contributed by atoms with Gasteiger partial charge in [-0.2, -0.15) is 5.48 Å². The first-order valence-corrected chi connectivity index (χ1v) is 13.4. The Bertz CT molecular complexity index is 1130. The fourth-order valence-electron chi connectivity index (χ4n) is 5.15. The summed E-state index contributed by atoms with van der Waals surface area (Å²) in [7, 11) is 1.63. The molecule has 2 aromatic heterocycles. The standard InChI is InChI=1S/C27H34N4O4S/c1-35-21-6-8-24-23(17-21)22(9-12-28-24)25(30-34)7-5-19-10-13-31(18-20(19)16-27(32)33)14-15-36-26-4-2-3-11-29-26/h2-4,6,8-9,11-12,17,19-20,25,30,34H,5,7,10,13-16,18H2,1H3,(H,32,33)/t19-,20+,25+/m1/s1. The van der Waals surface area contributed by atoms with Crippen LogP contribution in [-0.2, 0) is 4.79 Å². The number of nitrogens with one attached hydrogen (secondary N) is 1. The van der Waals surface area contributed by atoms with E-state index < -0.39 is 5.97 Å². The largest absolute Gasteiger partial charge is 0.497 e. The Morgan fingerprint density at radius 2 is 2.11 bits per heavy atom. The molecular formula is C27H34N4O4S. The number of pyridine rings is 2. The van der Waals surface area contributed by atoms with Crippen LogP contribution in [0.3, 0.4) is 0 Å². The summed E-state index contributed by atoms with van der Waals surface area (Å²) in [6, 6.07) is 13.3. The van der Waals surface area contributed by atoms with Crippen molar-refractivity contribution >= 4 is 28.6 Å². The summed E-state index contributed by atoms with van der Waals surface area (Å²) in [5, 5.41) is 21.5. The Balaban J connectivity index is 1.38. The van der Waals surface area contributed by atoms with Crippen LogP contribution in [0.2, 0.25) is 0 Å². The van der Waals surface area contributed by atoms with E-state index in [-0.39, 0.29) is 18.4 Å². The monoisotopic (exact) mass is 510 g/mol. The number of piperidine rings is 1. The van der Waals surface area contributed by atoms with Crippen molar-refractivity contribution in [1.82, 2.24) is 20.3 Å². The molecule has 0 unspecified atom stereocenters. The molecule has 192 valence electrons. The summed E-state index contributed by atoms with van der Waals surface area (Å²) in [5.74, 6) is 1.29. The van der Waals surface area contributed by atoms with Crippen molar-refractivity contribution in [3.05, 3.63) is 60.4 Å². The molecule has 8 nitrogen and oxygen atoms in total. The topological polar surface area (TPSA) is 108 Å². The third-order valence-corrected chi connectivity index (χ3v) is 7.97. The highest BCUT2D eigenvalue weighted by Crippen LogP contribution is 2.35. The van der Waals surface area contributed by atoms with Gasteiger partial charge >= 0.3 is 5.97 Å². The maximum Gasteiger partial charge on any atom is 0.303 e. The lowest BCUT2D eigenvalue weighted by atomic mass is 9.79. The highest BCUT2D eigenvalue weighted by atomic mass is 32.2. The summed E-state index contributed by atoms with van der Waals surface area (Å²) in [6.45, 7) is 2.65. The van der Waals surface area contributed by atoms with E-state index in [0.717, 1.165) is 65.5 Å². The molecule has 0 bridgehead atoms. The zero-order valence-electron chi connectivity index (χ0n) is 20.5. The Morgan fingerprint density at radius 3 is 2.86 bits per heavy atom. The number of ether oxygens (including phenoxy) is 1. The first-order valence-electron chi connectivity index (χ1n) is 12.4. The van der Waals surface area contributed by atoms with Crippen LogP contribution in [0.15, 0.2) is 59.9 Å². The number of nitrogens with zero attached hydrogens (tertiary/aromatic N) is 3. The van der Waals surface area contributed by atoms with E-state index in [1.807, 2.05) is 42.5 Å². The summed E-state index contributed by atoms with van der Waals surface area (Å²) in [4.78, 5) is 22.8. The van der Waals surface area contributed by atoms with Gasteiger partial charge in [-0.15, -0.1) is 11.8 Å². The number of benzene rings is 1. The molecule has 0 radical (unpaired) electrons. The zero-order chi connectivity index (χ0) is 25.3. The molecule has 0 saturated carbocycles. The van der Waals surface area contributed by atoms with Gasteiger partial charge in [0.1, 0.15) is 5.75 Å². The van der Waals surface area contributed by atoms with Crippen LogP contribution in [0.4, 0.5) is 0 Å². The quantitative estimate of drug-likeness (QED) is 0.237. The molecule has 1 aliphatic heterocycles. The number of likely N-dealkylation sites (tertiary alicyclic amines) is 1. The van der Waals surface area contributed by atoms with Crippen LogP contribution in [0.5, 0.6) is 5.75 Å². The zero-order valence-corrected chi connectivity index (χ0v) is 21.4. The molecule has 0 amide bonds. The Hall–Kier alpha value is -2.72.